The van der Waals surface area contributed by atoms with E-state index in [1.807, 2.05) is 30.3 Å². The van der Waals surface area contributed by atoms with E-state index < -0.39 is 4.92 Å². The summed E-state index contributed by atoms with van der Waals surface area (Å²) in [6, 6.07) is 14.2. The van der Waals surface area contributed by atoms with Crippen LogP contribution < -0.4 is 10.1 Å². The van der Waals surface area contributed by atoms with E-state index in [9.17, 15) is 14.9 Å². The number of nitrogens with zero attached hydrogens (tertiary/aromatic N) is 2. The minimum atomic E-state index is -0.474. The molecule has 1 N–H and O–H groups in total. The van der Waals surface area contributed by atoms with E-state index in [1.54, 1.807) is 24.1 Å². The van der Waals surface area contributed by atoms with Crippen LogP contribution in [0.4, 0.5) is 11.4 Å². The van der Waals surface area contributed by atoms with Gasteiger partial charge in [0.05, 0.1) is 18.1 Å². The van der Waals surface area contributed by atoms with Crippen LogP contribution >= 0.6 is 0 Å². The molecule has 0 aromatic heterocycles. The summed E-state index contributed by atoms with van der Waals surface area (Å²) in [4.78, 5) is 25.7. The quantitative estimate of drug-likeness (QED) is 0.384. The fourth-order valence-electron chi connectivity index (χ4n) is 3.55. The molecule has 1 unspecified atom stereocenters. The van der Waals surface area contributed by atoms with Crippen molar-refractivity contribution in [1.82, 2.24) is 4.90 Å². The first-order valence-electron chi connectivity index (χ1n) is 10.1. The number of piperidine rings is 1. The number of amides is 1. The van der Waals surface area contributed by atoms with Gasteiger partial charge in [-0.3, -0.25) is 14.9 Å². The molecule has 0 saturated carbocycles. The van der Waals surface area contributed by atoms with Crippen molar-refractivity contribution in [1.29, 1.82) is 0 Å². The Hall–Kier alpha value is -3.13. The minimum Gasteiger partial charge on any atom is -0.493 e. The number of hydrogen-bond donors (Lipinski definition) is 1. The molecule has 1 aliphatic heterocycles. The zero-order valence-electron chi connectivity index (χ0n) is 17.1. The third kappa shape index (κ3) is 5.70. The van der Waals surface area contributed by atoms with Gasteiger partial charge in [0.1, 0.15) is 11.4 Å². The van der Waals surface area contributed by atoms with Crippen molar-refractivity contribution in [3.05, 3.63) is 64.2 Å². The van der Waals surface area contributed by atoms with Crippen molar-refractivity contribution in [2.75, 3.05) is 45.3 Å². The Morgan fingerprint density at radius 3 is 2.80 bits per heavy atom. The van der Waals surface area contributed by atoms with Gasteiger partial charge in [0.25, 0.3) is 11.6 Å². The lowest BCUT2D eigenvalue weighted by Gasteiger charge is -2.32. The Balaban J connectivity index is 1.64. The van der Waals surface area contributed by atoms with Crippen molar-refractivity contribution in [3.63, 3.8) is 0 Å². The molecule has 0 aliphatic carbocycles. The van der Waals surface area contributed by atoms with Crippen LogP contribution in [0.5, 0.6) is 5.75 Å². The molecule has 8 nitrogen and oxygen atoms in total. The van der Waals surface area contributed by atoms with Crippen LogP contribution in [-0.2, 0) is 4.74 Å². The van der Waals surface area contributed by atoms with Crippen LogP contribution in [0, 0.1) is 16.0 Å². The highest BCUT2D eigenvalue weighted by Gasteiger charge is 2.26. The number of nitro groups is 1. The molecule has 1 saturated heterocycles. The van der Waals surface area contributed by atoms with E-state index >= 15 is 0 Å². The number of hydrogen-bond acceptors (Lipinski definition) is 6. The number of carbonyl (C=O) groups is 1. The van der Waals surface area contributed by atoms with Crippen LogP contribution in [0.15, 0.2) is 48.5 Å². The molecule has 1 amide bonds. The van der Waals surface area contributed by atoms with Gasteiger partial charge in [0, 0.05) is 44.3 Å². The molecular weight excluding hydrogens is 386 g/mol. The van der Waals surface area contributed by atoms with E-state index in [0.717, 1.165) is 18.6 Å². The van der Waals surface area contributed by atoms with Crippen LogP contribution in [0.25, 0.3) is 0 Å². The van der Waals surface area contributed by atoms with Crippen molar-refractivity contribution in [2.24, 2.45) is 5.92 Å². The first-order chi connectivity index (χ1) is 14.6. The van der Waals surface area contributed by atoms with E-state index in [-0.39, 0.29) is 17.5 Å². The average Bonchev–Trinajstić information content (AvgIpc) is 2.78. The lowest BCUT2D eigenvalue weighted by atomic mass is 9.98. The number of nitro benzene ring substituents is 1. The maximum atomic E-state index is 13.0. The number of carbonyl (C=O) groups excluding carboxylic acids is 1. The third-order valence-corrected chi connectivity index (χ3v) is 5.10. The lowest BCUT2D eigenvalue weighted by molar-refractivity contribution is -0.384. The number of nitrogens with one attached hydrogen (secondary N) is 1. The van der Waals surface area contributed by atoms with E-state index in [2.05, 4.69) is 5.32 Å². The van der Waals surface area contributed by atoms with Gasteiger partial charge in [-0.05, 0) is 37.1 Å². The fourth-order valence-corrected chi connectivity index (χ4v) is 3.55. The Bertz CT molecular complexity index is 859. The summed E-state index contributed by atoms with van der Waals surface area (Å²) in [6.45, 7) is 2.63. The zero-order valence-corrected chi connectivity index (χ0v) is 17.1. The minimum absolute atomic E-state index is 0.113. The number of rotatable bonds is 9. The van der Waals surface area contributed by atoms with Crippen molar-refractivity contribution >= 4 is 17.3 Å². The summed E-state index contributed by atoms with van der Waals surface area (Å²) in [5.74, 6) is 0.854. The molecule has 1 fully saturated rings. The first-order valence-corrected chi connectivity index (χ1v) is 10.1. The second-order valence-corrected chi connectivity index (χ2v) is 7.29. The Morgan fingerprint density at radius 1 is 1.27 bits per heavy atom. The average molecular weight is 413 g/mol. The maximum absolute atomic E-state index is 13.0. The van der Waals surface area contributed by atoms with Crippen molar-refractivity contribution < 1.29 is 19.2 Å². The smallest absolute Gasteiger partial charge is 0.293 e. The summed E-state index contributed by atoms with van der Waals surface area (Å²) in [5, 5.41) is 14.4. The van der Waals surface area contributed by atoms with Gasteiger partial charge in [0.15, 0.2) is 0 Å². The standard InChI is InChI=1S/C22H27N3O5/c1-29-13-11-23-20-10-9-18(14-21(20)25(27)28)22(26)24-12-5-6-17(15-24)16-30-19-7-3-2-4-8-19/h2-4,7-10,14,17,23H,5-6,11-13,15-16H2,1H3. The zero-order chi connectivity index (χ0) is 21.3. The van der Waals surface area contributed by atoms with E-state index in [4.69, 9.17) is 9.47 Å². The second kappa shape index (κ2) is 10.6. The molecule has 0 radical (unpaired) electrons. The Morgan fingerprint density at radius 2 is 2.07 bits per heavy atom. The first kappa shape index (κ1) is 21.6. The molecule has 3 rings (SSSR count). The fraction of sp³-hybridized carbons (Fsp3) is 0.409. The van der Waals surface area contributed by atoms with Crippen LogP contribution in [0.1, 0.15) is 23.2 Å². The van der Waals surface area contributed by atoms with E-state index in [0.29, 0.717) is 44.1 Å². The van der Waals surface area contributed by atoms with Gasteiger partial charge in [-0.25, -0.2) is 0 Å². The van der Waals surface area contributed by atoms with Gasteiger partial charge in [0.2, 0.25) is 0 Å². The van der Waals surface area contributed by atoms with Crippen molar-refractivity contribution in [3.8, 4) is 5.75 Å². The molecule has 1 heterocycles. The number of ether oxygens (including phenoxy) is 2. The van der Waals surface area contributed by atoms with Gasteiger partial charge in [-0.2, -0.15) is 0 Å². The second-order valence-electron chi connectivity index (χ2n) is 7.29. The molecule has 0 spiro atoms. The van der Waals surface area contributed by atoms with Gasteiger partial charge in [-0.1, -0.05) is 18.2 Å². The monoisotopic (exact) mass is 413 g/mol. The number of methoxy groups -OCH3 is 1. The number of benzene rings is 2. The molecule has 160 valence electrons. The maximum Gasteiger partial charge on any atom is 0.293 e. The summed E-state index contributed by atoms with van der Waals surface area (Å²) in [7, 11) is 1.56. The summed E-state index contributed by atoms with van der Waals surface area (Å²) >= 11 is 0. The Labute approximate surface area is 175 Å². The third-order valence-electron chi connectivity index (χ3n) is 5.10. The van der Waals surface area contributed by atoms with Gasteiger partial charge < -0.3 is 19.7 Å². The van der Waals surface area contributed by atoms with Crippen molar-refractivity contribution in [2.45, 2.75) is 12.8 Å². The molecule has 0 bridgehead atoms. The molecule has 1 atom stereocenters. The Kier molecular flexibility index (Phi) is 7.62. The molecule has 1 aliphatic rings. The molecule has 2 aromatic carbocycles. The van der Waals surface area contributed by atoms with Gasteiger partial charge >= 0.3 is 0 Å². The summed E-state index contributed by atoms with van der Waals surface area (Å²) < 4.78 is 10.8. The molecular formula is C22H27N3O5. The summed E-state index contributed by atoms with van der Waals surface area (Å²) in [5.41, 5.74) is 0.586. The molecule has 8 heteroatoms. The number of anilines is 1. The van der Waals surface area contributed by atoms with Crippen LogP contribution in [-0.4, -0.2) is 55.7 Å². The predicted octanol–water partition coefficient (Wildman–Crippen LogP) is 3.58. The normalized spacial score (nSPS) is 16.2. The van der Waals surface area contributed by atoms with Crippen LogP contribution in [0.2, 0.25) is 0 Å². The predicted molar refractivity (Wildman–Crippen MR) is 114 cm³/mol. The van der Waals surface area contributed by atoms with Crippen LogP contribution in [0.3, 0.4) is 0 Å². The summed E-state index contributed by atoms with van der Waals surface area (Å²) in [6.07, 6.45) is 1.87. The highest BCUT2D eigenvalue weighted by Crippen LogP contribution is 2.27. The highest BCUT2D eigenvalue weighted by atomic mass is 16.6. The largest absolute Gasteiger partial charge is 0.493 e. The number of para-hydroxylation sites is 1. The highest BCUT2D eigenvalue weighted by molar-refractivity contribution is 5.95. The van der Waals surface area contributed by atoms with E-state index in [1.165, 1.54) is 6.07 Å². The number of likely N-dealkylation sites (tertiary alicyclic amines) is 1. The molecule has 2 aromatic rings. The lowest BCUT2D eigenvalue weighted by Crippen LogP contribution is -2.41. The van der Waals surface area contributed by atoms with Gasteiger partial charge in [-0.15, -0.1) is 0 Å². The SMILES string of the molecule is COCCNc1ccc(C(=O)N2CCCC(COc3ccccc3)C2)cc1[N+](=O)[O-]. The molecule has 30 heavy (non-hydrogen) atoms. The topological polar surface area (TPSA) is 93.9 Å².